The van der Waals surface area contributed by atoms with Crippen LogP contribution >= 0.6 is 0 Å². The molecule has 0 spiro atoms. The first-order chi connectivity index (χ1) is 14.5. The van der Waals surface area contributed by atoms with Gasteiger partial charge in [0.25, 0.3) is 0 Å². The number of carbonyl (C=O) groups excluding carboxylic acids is 1. The minimum absolute atomic E-state index is 0.0793. The smallest absolute Gasteiger partial charge is 0.220 e. The minimum Gasteiger partial charge on any atom is -0.352 e. The molecule has 2 aromatic carbocycles. The van der Waals surface area contributed by atoms with Gasteiger partial charge in [-0.05, 0) is 17.9 Å². The fourth-order valence-corrected chi connectivity index (χ4v) is 5.71. The van der Waals surface area contributed by atoms with Gasteiger partial charge in [-0.3, -0.25) is 9.48 Å². The predicted octanol–water partition coefficient (Wildman–Crippen LogP) is 3.04. The molecule has 1 N–H and O–H groups in total. The van der Waals surface area contributed by atoms with E-state index < -0.39 is 9.84 Å². The number of carbonyl (C=O) groups is 1. The summed E-state index contributed by atoms with van der Waals surface area (Å²) in [6.45, 7) is 1.01. The number of hydrogen-bond acceptors (Lipinski definition) is 4. The number of rotatable bonds is 7. The third-order valence-electron chi connectivity index (χ3n) is 5.35. The van der Waals surface area contributed by atoms with E-state index in [1.54, 1.807) is 0 Å². The molecular weight excluding hydrogens is 398 g/mol. The van der Waals surface area contributed by atoms with Gasteiger partial charge < -0.3 is 5.32 Å². The van der Waals surface area contributed by atoms with E-state index in [9.17, 15) is 13.2 Å². The molecule has 30 heavy (non-hydrogen) atoms. The zero-order chi connectivity index (χ0) is 21.0. The van der Waals surface area contributed by atoms with Crippen molar-refractivity contribution in [2.24, 2.45) is 5.92 Å². The highest BCUT2D eigenvalue weighted by Gasteiger charge is 2.29. The first-order valence-electron chi connectivity index (χ1n) is 10.1. The van der Waals surface area contributed by atoms with Gasteiger partial charge in [-0.25, -0.2) is 8.42 Å². The highest BCUT2D eigenvalue weighted by atomic mass is 32.2. The number of sulfone groups is 1. The molecule has 0 aliphatic carbocycles. The van der Waals surface area contributed by atoms with Crippen molar-refractivity contribution in [2.45, 2.75) is 25.9 Å². The lowest BCUT2D eigenvalue weighted by Crippen LogP contribution is -2.25. The Hall–Kier alpha value is -2.93. The van der Waals surface area contributed by atoms with E-state index in [1.807, 2.05) is 59.4 Å². The van der Waals surface area contributed by atoms with Crippen LogP contribution in [-0.4, -0.2) is 35.6 Å². The average molecular weight is 424 g/mol. The lowest BCUT2D eigenvalue weighted by atomic mass is 10.0. The summed E-state index contributed by atoms with van der Waals surface area (Å²) in [5.41, 5.74) is 3.92. The number of nitrogens with zero attached hydrogens (tertiary/aromatic N) is 2. The predicted molar refractivity (Wildman–Crippen MR) is 116 cm³/mol. The molecule has 0 saturated carbocycles. The number of benzene rings is 2. The Morgan fingerprint density at radius 2 is 1.77 bits per heavy atom. The number of hydrogen-bond donors (Lipinski definition) is 1. The Morgan fingerprint density at radius 3 is 2.43 bits per heavy atom. The van der Waals surface area contributed by atoms with E-state index in [0.717, 1.165) is 22.4 Å². The van der Waals surface area contributed by atoms with Crippen molar-refractivity contribution >= 4 is 15.7 Å². The summed E-state index contributed by atoms with van der Waals surface area (Å²) in [6, 6.07) is 20.0. The zero-order valence-electron chi connectivity index (χ0n) is 16.7. The second-order valence-electron chi connectivity index (χ2n) is 7.80. The molecule has 1 aliphatic heterocycles. The highest BCUT2D eigenvalue weighted by molar-refractivity contribution is 7.91. The Labute approximate surface area is 176 Å². The Bertz CT molecular complexity index is 1110. The molecule has 1 saturated heterocycles. The minimum atomic E-state index is -2.97. The SMILES string of the molecule is O=C(C[C@H]1CCS(=O)(=O)C1)NCc1cn(Cc2ccccc2)nc1-c1ccccc1. The number of aromatic nitrogens is 2. The van der Waals surface area contributed by atoms with Gasteiger partial charge in [0.05, 0.1) is 23.7 Å². The van der Waals surface area contributed by atoms with Crippen LogP contribution in [0.1, 0.15) is 24.0 Å². The van der Waals surface area contributed by atoms with Gasteiger partial charge in [0.2, 0.25) is 5.91 Å². The lowest BCUT2D eigenvalue weighted by molar-refractivity contribution is -0.122. The standard InChI is InChI=1S/C23H25N3O3S/c27-22(13-19-11-12-30(28,29)17-19)24-14-21-16-26(15-18-7-3-1-4-8-18)25-23(21)20-9-5-2-6-10-20/h1-10,16,19H,11-15,17H2,(H,24,27)/t19-/m1/s1. The maximum absolute atomic E-state index is 12.4. The topological polar surface area (TPSA) is 81.1 Å². The van der Waals surface area contributed by atoms with Crippen molar-refractivity contribution in [3.63, 3.8) is 0 Å². The van der Waals surface area contributed by atoms with E-state index in [1.165, 1.54) is 0 Å². The van der Waals surface area contributed by atoms with Crippen molar-refractivity contribution in [2.75, 3.05) is 11.5 Å². The van der Waals surface area contributed by atoms with E-state index in [4.69, 9.17) is 5.10 Å². The van der Waals surface area contributed by atoms with Gasteiger partial charge in [-0.15, -0.1) is 0 Å². The van der Waals surface area contributed by atoms with E-state index >= 15 is 0 Å². The van der Waals surface area contributed by atoms with Crippen molar-refractivity contribution in [3.05, 3.63) is 78.0 Å². The number of amides is 1. The van der Waals surface area contributed by atoms with Crippen molar-refractivity contribution in [1.82, 2.24) is 15.1 Å². The molecule has 0 radical (unpaired) electrons. The van der Waals surface area contributed by atoms with Crippen LogP contribution < -0.4 is 5.32 Å². The molecule has 4 rings (SSSR count). The fourth-order valence-electron chi connectivity index (χ4n) is 3.84. The molecule has 1 atom stereocenters. The molecule has 1 fully saturated rings. The fraction of sp³-hybridized carbons (Fsp3) is 0.304. The molecule has 0 unspecified atom stereocenters. The van der Waals surface area contributed by atoms with Crippen LogP contribution in [0.15, 0.2) is 66.9 Å². The van der Waals surface area contributed by atoms with Crippen LogP contribution in [0.3, 0.4) is 0 Å². The molecule has 156 valence electrons. The molecule has 1 aliphatic rings. The van der Waals surface area contributed by atoms with Crippen LogP contribution in [0.4, 0.5) is 0 Å². The third-order valence-corrected chi connectivity index (χ3v) is 7.19. The van der Waals surface area contributed by atoms with Gasteiger partial charge in [0, 0.05) is 30.3 Å². The second-order valence-corrected chi connectivity index (χ2v) is 10.0. The molecular formula is C23H25N3O3S. The summed E-state index contributed by atoms with van der Waals surface area (Å²) in [5.74, 6) is 0.108. The average Bonchev–Trinajstić information content (AvgIpc) is 3.30. The lowest BCUT2D eigenvalue weighted by Gasteiger charge is -2.09. The van der Waals surface area contributed by atoms with Gasteiger partial charge in [-0.2, -0.15) is 5.10 Å². The van der Waals surface area contributed by atoms with Gasteiger partial charge >= 0.3 is 0 Å². The first kappa shape index (κ1) is 20.3. The van der Waals surface area contributed by atoms with E-state index in [0.29, 0.717) is 19.5 Å². The van der Waals surface area contributed by atoms with E-state index in [-0.39, 0.29) is 29.8 Å². The molecule has 7 heteroatoms. The zero-order valence-corrected chi connectivity index (χ0v) is 17.5. The normalized spacial score (nSPS) is 17.7. The van der Waals surface area contributed by atoms with Crippen molar-refractivity contribution in [3.8, 4) is 11.3 Å². The Kier molecular flexibility index (Phi) is 5.99. The van der Waals surface area contributed by atoms with Crippen molar-refractivity contribution < 1.29 is 13.2 Å². The summed E-state index contributed by atoms with van der Waals surface area (Å²) >= 11 is 0. The van der Waals surface area contributed by atoms with Gasteiger partial charge in [0.1, 0.15) is 0 Å². The van der Waals surface area contributed by atoms with Crippen LogP contribution in [0, 0.1) is 5.92 Å². The largest absolute Gasteiger partial charge is 0.352 e. The maximum atomic E-state index is 12.4. The van der Waals surface area contributed by atoms with Gasteiger partial charge in [-0.1, -0.05) is 60.7 Å². The van der Waals surface area contributed by atoms with Crippen molar-refractivity contribution in [1.29, 1.82) is 0 Å². The van der Waals surface area contributed by atoms with Crippen LogP contribution in [0.2, 0.25) is 0 Å². The molecule has 1 aromatic heterocycles. The summed E-state index contributed by atoms with van der Waals surface area (Å²) in [6.07, 6.45) is 2.79. The van der Waals surface area contributed by atoms with Gasteiger partial charge in [0.15, 0.2) is 9.84 Å². The molecule has 3 aromatic rings. The summed E-state index contributed by atoms with van der Waals surface area (Å²) < 4.78 is 25.1. The summed E-state index contributed by atoms with van der Waals surface area (Å²) in [5, 5.41) is 7.72. The van der Waals surface area contributed by atoms with E-state index in [2.05, 4.69) is 17.4 Å². The summed E-state index contributed by atoms with van der Waals surface area (Å²) in [4.78, 5) is 12.4. The molecule has 1 amide bonds. The second kappa shape index (κ2) is 8.83. The first-order valence-corrected chi connectivity index (χ1v) is 11.9. The quantitative estimate of drug-likeness (QED) is 0.633. The molecule has 6 nitrogen and oxygen atoms in total. The molecule has 2 heterocycles. The third kappa shape index (κ3) is 5.16. The number of nitrogens with one attached hydrogen (secondary N) is 1. The highest BCUT2D eigenvalue weighted by Crippen LogP contribution is 2.24. The maximum Gasteiger partial charge on any atom is 0.220 e. The monoisotopic (exact) mass is 423 g/mol. The van der Waals surface area contributed by atoms with Crippen LogP contribution in [-0.2, 0) is 27.7 Å². The Balaban J connectivity index is 1.47. The molecule has 0 bridgehead atoms. The van der Waals surface area contributed by atoms with Crippen LogP contribution in [0.5, 0.6) is 0 Å². The Morgan fingerprint density at radius 1 is 1.07 bits per heavy atom. The van der Waals surface area contributed by atoms with Crippen LogP contribution in [0.25, 0.3) is 11.3 Å². The summed E-state index contributed by atoms with van der Waals surface area (Å²) in [7, 11) is -2.97.